The third kappa shape index (κ3) is 2.28. The van der Waals surface area contributed by atoms with Gasteiger partial charge in [-0.05, 0) is 38.1 Å². The van der Waals surface area contributed by atoms with Gasteiger partial charge in [0, 0.05) is 22.4 Å². The Kier molecular flexibility index (Phi) is 3.45. The van der Waals surface area contributed by atoms with Crippen LogP contribution in [0.1, 0.15) is 50.5 Å². The van der Waals surface area contributed by atoms with Crippen LogP contribution in [0.15, 0.2) is 49.0 Å². The minimum atomic E-state index is -0.242. The first-order valence-electron chi connectivity index (χ1n) is 7.20. The Morgan fingerprint density at radius 1 is 0.913 bits per heavy atom. The van der Waals surface area contributed by atoms with Gasteiger partial charge in [0.25, 0.3) is 5.91 Å². The van der Waals surface area contributed by atoms with E-state index in [1.165, 1.54) is 24.8 Å². The van der Waals surface area contributed by atoms with Crippen molar-refractivity contribution in [1.29, 1.82) is 0 Å². The normalized spacial score (nSPS) is 13.2. The maximum atomic E-state index is 12.7. The number of carbonyl (C=O) groups excluding carboxylic acids is 3. The van der Waals surface area contributed by atoms with Crippen LogP contribution in [0.4, 0.5) is 5.69 Å². The molecule has 0 unspecified atom stereocenters. The molecule has 0 radical (unpaired) electrons. The van der Waals surface area contributed by atoms with Crippen LogP contribution in [0.5, 0.6) is 0 Å². The molecular weight excluding hydrogens is 290 g/mol. The zero-order chi connectivity index (χ0) is 16.7. The second-order valence-corrected chi connectivity index (χ2v) is 5.48. The molecule has 1 amide bonds. The van der Waals surface area contributed by atoms with Gasteiger partial charge in [-0.25, -0.2) is 0 Å². The number of hydrogen-bond acceptors (Lipinski definition) is 3. The van der Waals surface area contributed by atoms with E-state index in [2.05, 4.69) is 6.58 Å². The number of nitrogens with zero attached hydrogens (tertiary/aromatic N) is 1. The Labute approximate surface area is 134 Å². The highest BCUT2D eigenvalue weighted by Gasteiger charge is 2.34. The molecule has 0 fully saturated rings. The predicted octanol–water partition coefficient (Wildman–Crippen LogP) is 3.72. The zero-order valence-electron chi connectivity index (χ0n) is 12.9. The first-order chi connectivity index (χ1) is 10.9. The van der Waals surface area contributed by atoms with Gasteiger partial charge in [-0.15, -0.1) is 0 Å². The number of anilines is 1. The lowest BCUT2D eigenvalue weighted by Crippen LogP contribution is -2.21. The molecule has 1 heterocycles. The Morgan fingerprint density at radius 3 is 1.96 bits per heavy atom. The molecule has 23 heavy (non-hydrogen) atoms. The summed E-state index contributed by atoms with van der Waals surface area (Å²) in [5, 5.41) is 0. The Morgan fingerprint density at radius 2 is 1.43 bits per heavy atom. The van der Waals surface area contributed by atoms with Crippen LogP contribution in [-0.4, -0.2) is 17.5 Å². The topological polar surface area (TPSA) is 54.5 Å². The number of hydrogen-bond donors (Lipinski definition) is 0. The van der Waals surface area contributed by atoms with E-state index < -0.39 is 0 Å². The lowest BCUT2D eigenvalue weighted by atomic mass is 9.95. The largest absolute Gasteiger partial charge is 0.294 e. The molecule has 0 saturated heterocycles. The second-order valence-electron chi connectivity index (χ2n) is 5.48. The Hall–Kier alpha value is -3.01. The van der Waals surface area contributed by atoms with Crippen molar-refractivity contribution in [3.63, 3.8) is 0 Å². The van der Waals surface area contributed by atoms with Gasteiger partial charge in [0.2, 0.25) is 0 Å². The molecular formula is C19H15NO3. The monoisotopic (exact) mass is 305 g/mol. The highest BCUT2D eigenvalue weighted by molar-refractivity contribution is 6.23. The molecule has 4 nitrogen and oxygen atoms in total. The predicted molar refractivity (Wildman–Crippen MR) is 88.7 cm³/mol. The molecule has 1 aliphatic heterocycles. The average Bonchev–Trinajstić information content (AvgIpc) is 2.78. The number of ketones is 2. The first-order valence-corrected chi connectivity index (χ1v) is 7.20. The molecule has 2 aromatic rings. The van der Waals surface area contributed by atoms with Crippen LogP contribution in [-0.2, 0) is 0 Å². The molecule has 0 spiro atoms. The van der Waals surface area contributed by atoms with E-state index in [0.717, 1.165) is 0 Å². The van der Waals surface area contributed by atoms with Crippen molar-refractivity contribution in [3.8, 4) is 0 Å². The number of rotatable bonds is 3. The van der Waals surface area contributed by atoms with E-state index in [1.807, 2.05) is 30.3 Å². The fourth-order valence-corrected chi connectivity index (χ4v) is 2.81. The van der Waals surface area contributed by atoms with Crippen molar-refractivity contribution in [1.82, 2.24) is 0 Å². The molecule has 2 aromatic carbocycles. The van der Waals surface area contributed by atoms with Crippen LogP contribution >= 0.6 is 0 Å². The fourth-order valence-electron chi connectivity index (χ4n) is 2.81. The smallest absolute Gasteiger partial charge is 0.263 e. The van der Waals surface area contributed by atoms with Gasteiger partial charge in [-0.2, -0.15) is 0 Å². The van der Waals surface area contributed by atoms with E-state index in [4.69, 9.17) is 0 Å². The van der Waals surface area contributed by atoms with Gasteiger partial charge in [0.15, 0.2) is 11.6 Å². The molecule has 3 rings (SSSR count). The molecule has 0 saturated carbocycles. The summed E-state index contributed by atoms with van der Waals surface area (Å²) < 4.78 is 0. The first kappa shape index (κ1) is 14.9. The molecule has 0 aromatic heterocycles. The summed E-state index contributed by atoms with van der Waals surface area (Å²) in [6.45, 7) is 6.78. The quantitative estimate of drug-likeness (QED) is 0.812. The number of amides is 1. The number of Topliss-reactive ketones (excluding diaryl/α,β-unsaturated/α-hetero) is 2. The molecule has 0 aliphatic carbocycles. The molecule has 114 valence electrons. The van der Waals surface area contributed by atoms with Gasteiger partial charge in [0.05, 0.1) is 11.3 Å². The molecule has 0 atom stereocenters. The lowest BCUT2D eigenvalue weighted by molar-refractivity contribution is 0.0979. The van der Waals surface area contributed by atoms with Crippen LogP contribution in [0.2, 0.25) is 0 Å². The van der Waals surface area contributed by atoms with Crippen molar-refractivity contribution in [2.24, 2.45) is 0 Å². The van der Waals surface area contributed by atoms with Gasteiger partial charge in [-0.3, -0.25) is 19.3 Å². The van der Waals surface area contributed by atoms with Crippen LogP contribution in [0.3, 0.4) is 0 Å². The summed E-state index contributed by atoms with van der Waals surface area (Å²) >= 11 is 0. The van der Waals surface area contributed by atoms with E-state index in [9.17, 15) is 14.4 Å². The highest BCUT2D eigenvalue weighted by atomic mass is 16.2. The standard InChI is InChI=1S/C19H15NO3/c1-11-15-9-16(12(2)21)17(13(3)22)10-18(15)19(23)20(11)14-7-5-4-6-8-14/h4-10H,1H2,2-3H3. The summed E-state index contributed by atoms with van der Waals surface area (Å²) in [6, 6.07) is 12.3. The van der Waals surface area contributed by atoms with E-state index in [-0.39, 0.29) is 23.0 Å². The summed E-state index contributed by atoms with van der Waals surface area (Å²) in [7, 11) is 0. The molecule has 0 N–H and O–H groups in total. The molecule has 0 bridgehead atoms. The van der Waals surface area contributed by atoms with Crippen molar-refractivity contribution in [2.75, 3.05) is 4.90 Å². The van der Waals surface area contributed by atoms with Gasteiger partial charge in [-0.1, -0.05) is 24.8 Å². The third-order valence-electron chi connectivity index (χ3n) is 3.94. The second kappa shape index (κ2) is 5.32. The maximum absolute atomic E-state index is 12.7. The van der Waals surface area contributed by atoms with Crippen molar-refractivity contribution in [2.45, 2.75) is 13.8 Å². The van der Waals surface area contributed by atoms with E-state index >= 15 is 0 Å². The SMILES string of the molecule is C=C1c2cc(C(C)=O)c(C(C)=O)cc2C(=O)N1c1ccccc1. The number of fused-ring (bicyclic) bond motifs is 1. The fraction of sp³-hybridized carbons (Fsp3) is 0.105. The highest BCUT2D eigenvalue weighted by Crippen LogP contribution is 2.37. The zero-order valence-corrected chi connectivity index (χ0v) is 12.9. The van der Waals surface area contributed by atoms with E-state index in [1.54, 1.807) is 6.07 Å². The Balaban J connectivity index is 2.19. The summed E-state index contributed by atoms with van der Waals surface area (Å²) in [4.78, 5) is 37.9. The minimum absolute atomic E-state index is 0.212. The summed E-state index contributed by atoms with van der Waals surface area (Å²) in [6.07, 6.45) is 0. The van der Waals surface area contributed by atoms with Crippen molar-refractivity contribution in [3.05, 3.63) is 71.3 Å². The molecule has 4 heteroatoms. The number of benzene rings is 2. The van der Waals surface area contributed by atoms with Gasteiger partial charge < -0.3 is 0 Å². The molecule has 1 aliphatic rings. The van der Waals surface area contributed by atoms with Crippen LogP contribution in [0.25, 0.3) is 5.70 Å². The van der Waals surface area contributed by atoms with Crippen LogP contribution < -0.4 is 4.90 Å². The van der Waals surface area contributed by atoms with Crippen molar-refractivity contribution >= 4 is 28.9 Å². The lowest BCUT2D eigenvalue weighted by Gasteiger charge is -2.17. The Bertz CT molecular complexity index is 813. The summed E-state index contributed by atoms with van der Waals surface area (Å²) in [5.41, 5.74) is 2.79. The van der Waals surface area contributed by atoms with Crippen molar-refractivity contribution < 1.29 is 14.4 Å². The number of carbonyl (C=O) groups is 3. The van der Waals surface area contributed by atoms with Gasteiger partial charge in [0.1, 0.15) is 0 Å². The minimum Gasteiger partial charge on any atom is -0.294 e. The van der Waals surface area contributed by atoms with Crippen LogP contribution in [0, 0.1) is 0 Å². The third-order valence-corrected chi connectivity index (χ3v) is 3.94. The average molecular weight is 305 g/mol. The maximum Gasteiger partial charge on any atom is 0.263 e. The van der Waals surface area contributed by atoms with E-state index in [0.29, 0.717) is 28.1 Å². The van der Waals surface area contributed by atoms with Gasteiger partial charge >= 0.3 is 0 Å². The number of para-hydroxylation sites is 1. The summed E-state index contributed by atoms with van der Waals surface area (Å²) in [5.74, 6) is -0.695.